The van der Waals surface area contributed by atoms with Gasteiger partial charge in [-0.15, -0.1) is 0 Å². The summed E-state index contributed by atoms with van der Waals surface area (Å²) in [7, 11) is -0.241. The first-order valence-corrected chi connectivity index (χ1v) is 10.5. The number of H-pyrrole nitrogens is 1. The highest BCUT2D eigenvalue weighted by Gasteiger charge is 2.32. The first-order valence-electron chi connectivity index (χ1n) is 9.09. The van der Waals surface area contributed by atoms with E-state index in [-0.39, 0.29) is 0 Å². The van der Waals surface area contributed by atoms with Crippen LogP contribution >= 0.6 is 0 Å². The van der Waals surface area contributed by atoms with Gasteiger partial charge < -0.3 is 9.47 Å². The van der Waals surface area contributed by atoms with Crippen LogP contribution < -0.4 is 9.47 Å². The number of hydrogen-bond acceptors (Lipinski definition) is 5. The van der Waals surface area contributed by atoms with E-state index in [9.17, 15) is 8.42 Å². The smallest absolute Gasteiger partial charge is 0.246 e. The molecule has 0 aliphatic carbocycles. The predicted molar refractivity (Wildman–Crippen MR) is 103 cm³/mol. The second-order valence-corrected chi connectivity index (χ2v) is 8.88. The number of ether oxygens (including phenoxy) is 2. The van der Waals surface area contributed by atoms with Crippen LogP contribution in [0.5, 0.6) is 11.5 Å². The normalized spacial score (nSPS) is 16.4. The Kier molecular flexibility index (Phi) is 5.76. The Hall–Kier alpha value is -2.06. The average molecular weight is 394 g/mol. The van der Waals surface area contributed by atoms with Crippen LogP contribution in [-0.4, -0.2) is 50.2 Å². The fraction of sp³-hybridized carbons (Fsp3) is 0.526. The molecule has 1 aliphatic rings. The molecule has 0 unspecified atom stereocenters. The van der Waals surface area contributed by atoms with Crippen molar-refractivity contribution in [2.45, 2.75) is 38.0 Å². The first-order chi connectivity index (χ1) is 12.9. The lowest BCUT2D eigenvalue weighted by Crippen LogP contribution is -2.39. The lowest BCUT2D eigenvalue weighted by atomic mass is 9.91. The third-order valence-electron chi connectivity index (χ3n) is 5.20. The van der Waals surface area contributed by atoms with Crippen LogP contribution in [0, 0.1) is 19.8 Å². The third kappa shape index (κ3) is 3.96. The molecule has 1 N–H and O–H groups in total. The molecule has 1 aliphatic heterocycles. The molecule has 1 aromatic carbocycles. The van der Waals surface area contributed by atoms with Crippen LogP contribution in [0.4, 0.5) is 0 Å². The van der Waals surface area contributed by atoms with Gasteiger partial charge in [-0.1, -0.05) is 6.07 Å². The Balaban J connectivity index is 1.66. The van der Waals surface area contributed by atoms with Gasteiger partial charge in [0.25, 0.3) is 0 Å². The van der Waals surface area contributed by atoms with Crippen molar-refractivity contribution in [1.29, 1.82) is 0 Å². The van der Waals surface area contributed by atoms with Gasteiger partial charge in [-0.25, -0.2) is 8.42 Å². The molecule has 2 aromatic rings. The molecule has 0 radical (unpaired) electrons. The Morgan fingerprint density at radius 1 is 1.15 bits per heavy atom. The Labute approximate surface area is 160 Å². The highest BCUT2D eigenvalue weighted by Crippen LogP contribution is 2.31. The highest BCUT2D eigenvalue weighted by atomic mass is 32.2. The van der Waals surface area contributed by atoms with Gasteiger partial charge in [0.2, 0.25) is 10.0 Å². The van der Waals surface area contributed by atoms with Crippen LogP contribution in [0.15, 0.2) is 23.1 Å². The molecule has 8 heteroatoms. The summed E-state index contributed by atoms with van der Waals surface area (Å²) in [5, 5.41) is 6.79. The van der Waals surface area contributed by atoms with Crippen LogP contribution in [0.3, 0.4) is 0 Å². The number of nitrogens with zero attached hydrogens (tertiary/aromatic N) is 2. The number of aryl methyl sites for hydroxylation is 2. The summed E-state index contributed by atoms with van der Waals surface area (Å²) in [5.41, 5.74) is 2.30. The second kappa shape index (κ2) is 7.90. The van der Waals surface area contributed by atoms with Gasteiger partial charge in [-0.2, -0.15) is 9.40 Å². The summed E-state index contributed by atoms with van der Waals surface area (Å²) >= 11 is 0. The van der Waals surface area contributed by atoms with Crippen LogP contribution in [0.1, 0.15) is 29.8 Å². The van der Waals surface area contributed by atoms with Crippen molar-refractivity contribution in [1.82, 2.24) is 14.5 Å². The number of nitrogens with one attached hydrogen (secondary N) is 1. The summed E-state index contributed by atoms with van der Waals surface area (Å²) in [6.07, 6.45) is 2.57. The zero-order valence-electron chi connectivity index (χ0n) is 16.3. The molecule has 148 valence electrons. The molecular formula is C19H27N3O4S. The summed E-state index contributed by atoms with van der Waals surface area (Å²) in [5.74, 6) is 1.88. The molecule has 1 fully saturated rings. The van der Waals surface area contributed by atoms with Gasteiger partial charge in [-0.3, -0.25) is 5.10 Å². The molecule has 0 bridgehead atoms. The van der Waals surface area contributed by atoms with Crippen molar-refractivity contribution >= 4 is 10.0 Å². The monoisotopic (exact) mass is 393 g/mol. The van der Waals surface area contributed by atoms with Crippen LogP contribution in [0.2, 0.25) is 0 Å². The van der Waals surface area contributed by atoms with E-state index in [4.69, 9.17) is 9.47 Å². The molecule has 7 nitrogen and oxygen atoms in total. The lowest BCUT2D eigenvalue weighted by molar-refractivity contribution is 0.272. The maximum absolute atomic E-state index is 12.9. The molecule has 0 saturated carbocycles. The number of benzene rings is 1. The molecule has 1 saturated heterocycles. The lowest BCUT2D eigenvalue weighted by Gasteiger charge is -2.31. The zero-order valence-corrected chi connectivity index (χ0v) is 17.1. The van der Waals surface area contributed by atoms with Crippen molar-refractivity contribution < 1.29 is 17.9 Å². The maximum atomic E-state index is 12.9. The fourth-order valence-electron chi connectivity index (χ4n) is 3.74. The molecule has 0 spiro atoms. The summed E-state index contributed by atoms with van der Waals surface area (Å²) < 4.78 is 38.1. The zero-order chi connectivity index (χ0) is 19.6. The van der Waals surface area contributed by atoms with E-state index >= 15 is 0 Å². The van der Waals surface area contributed by atoms with E-state index in [0.717, 1.165) is 25.0 Å². The first kappa shape index (κ1) is 19.7. The molecule has 27 heavy (non-hydrogen) atoms. The molecule has 2 heterocycles. The van der Waals surface area contributed by atoms with Gasteiger partial charge in [-0.05, 0) is 56.7 Å². The van der Waals surface area contributed by atoms with Gasteiger partial charge in [0.1, 0.15) is 4.90 Å². The van der Waals surface area contributed by atoms with Gasteiger partial charge in [0, 0.05) is 13.1 Å². The molecule has 1 aromatic heterocycles. The van der Waals surface area contributed by atoms with Crippen molar-refractivity contribution in [2.24, 2.45) is 5.92 Å². The molecule has 0 atom stereocenters. The van der Waals surface area contributed by atoms with E-state index in [2.05, 4.69) is 10.2 Å². The van der Waals surface area contributed by atoms with Crippen molar-refractivity contribution in [2.75, 3.05) is 27.3 Å². The number of rotatable bonds is 6. The minimum atomic E-state index is -3.49. The number of sulfonamides is 1. The average Bonchev–Trinajstić information content (AvgIpc) is 3.01. The van der Waals surface area contributed by atoms with E-state index in [0.29, 0.717) is 41.0 Å². The molecule has 0 amide bonds. The SMILES string of the molecule is COc1ccc(CC2CCN(S(=O)(=O)c3c(C)n[nH]c3C)CC2)cc1OC. The summed E-state index contributed by atoms with van der Waals surface area (Å²) in [4.78, 5) is 0.320. The largest absolute Gasteiger partial charge is 0.493 e. The Bertz CT molecular complexity index is 880. The van der Waals surface area contributed by atoms with E-state index < -0.39 is 10.0 Å². The minimum Gasteiger partial charge on any atom is -0.493 e. The molecule has 3 rings (SSSR count). The van der Waals surface area contributed by atoms with Crippen LogP contribution in [0.25, 0.3) is 0 Å². The fourth-order valence-corrected chi connectivity index (χ4v) is 5.55. The van der Waals surface area contributed by atoms with Crippen molar-refractivity contribution in [3.05, 3.63) is 35.2 Å². The van der Waals surface area contributed by atoms with Crippen molar-refractivity contribution in [3.8, 4) is 11.5 Å². The number of piperidine rings is 1. The van der Waals surface area contributed by atoms with Crippen LogP contribution in [-0.2, 0) is 16.4 Å². The second-order valence-electron chi connectivity index (χ2n) is 7.00. The Morgan fingerprint density at radius 2 is 1.81 bits per heavy atom. The summed E-state index contributed by atoms with van der Waals surface area (Å²) in [6.45, 7) is 4.53. The maximum Gasteiger partial charge on any atom is 0.246 e. The minimum absolute atomic E-state index is 0.320. The quantitative estimate of drug-likeness (QED) is 0.816. The van der Waals surface area contributed by atoms with E-state index in [1.807, 2.05) is 18.2 Å². The van der Waals surface area contributed by atoms with E-state index in [1.54, 1.807) is 32.4 Å². The standard InChI is InChI=1S/C19H27N3O4S/c1-13-19(14(2)21-20-13)27(23,24)22-9-7-15(8-10-22)11-16-5-6-17(25-3)18(12-16)26-4/h5-6,12,15H,7-11H2,1-4H3,(H,20,21). The van der Waals surface area contributed by atoms with E-state index in [1.165, 1.54) is 5.56 Å². The summed E-state index contributed by atoms with van der Waals surface area (Å²) in [6, 6.07) is 5.96. The van der Waals surface area contributed by atoms with Crippen molar-refractivity contribution in [3.63, 3.8) is 0 Å². The number of methoxy groups -OCH3 is 2. The number of hydrogen-bond donors (Lipinski definition) is 1. The number of aromatic amines is 1. The topological polar surface area (TPSA) is 84.5 Å². The number of aromatic nitrogens is 2. The molecular weight excluding hydrogens is 366 g/mol. The Morgan fingerprint density at radius 3 is 2.37 bits per heavy atom. The van der Waals surface area contributed by atoms with Gasteiger partial charge in [0.15, 0.2) is 11.5 Å². The van der Waals surface area contributed by atoms with Gasteiger partial charge in [0.05, 0.1) is 25.6 Å². The van der Waals surface area contributed by atoms with Gasteiger partial charge >= 0.3 is 0 Å². The highest BCUT2D eigenvalue weighted by molar-refractivity contribution is 7.89. The predicted octanol–water partition coefficient (Wildman–Crippen LogP) is 2.69. The third-order valence-corrected chi connectivity index (χ3v) is 7.37.